The molecule has 1 N–H and O–H groups in total. The summed E-state index contributed by atoms with van der Waals surface area (Å²) in [6, 6.07) is 4.97. The maximum absolute atomic E-state index is 12.9. The molecule has 27 heavy (non-hydrogen) atoms. The van der Waals surface area contributed by atoms with Crippen LogP contribution in [0.3, 0.4) is 0 Å². The molecule has 0 aliphatic carbocycles. The fraction of sp³-hybridized carbons (Fsp3) is 0.350. The molecule has 2 nitrogen and oxygen atoms in total. The van der Waals surface area contributed by atoms with E-state index in [0.717, 1.165) is 45.3 Å². The molecule has 0 spiro atoms. The first-order valence-corrected chi connectivity index (χ1v) is 9.59. The van der Waals surface area contributed by atoms with Crippen molar-refractivity contribution in [1.29, 1.82) is 0 Å². The van der Waals surface area contributed by atoms with Crippen molar-refractivity contribution >= 4 is 35.0 Å². The molecule has 0 saturated heterocycles. The van der Waals surface area contributed by atoms with Gasteiger partial charge in [-0.15, -0.1) is 11.8 Å². The highest BCUT2D eigenvalue weighted by Crippen LogP contribution is 2.36. The van der Waals surface area contributed by atoms with Crippen molar-refractivity contribution in [2.24, 2.45) is 0 Å². The number of nitrogens with one attached hydrogen (secondary N) is 1. The second-order valence-electron chi connectivity index (χ2n) is 6.53. The number of halogens is 4. The second kappa shape index (κ2) is 8.15. The summed E-state index contributed by atoms with van der Waals surface area (Å²) in [5.41, 5.74) is 3.56. The smallest absolute Gasteiger partial charge is 0.324 e. The van der Waals surface area contributed by atoms with Crippen LogP contribution in [-0.4, -0.2) is 11.2 Å². The molecule has 0 fully saturated rings. The summed E-state index contributed by atoms with van der Waals surface area (Å²) >= 11 is 7.35. The predicted molar refractivity (Wildman–Crippen MR) is 106 cm³/mol. The SMILES string of the molecule is Cc1cc(C)c(C)c(S[C@@H](C)C(=O)Nc2cc(C(F)(F)F)ccc2Cl)c1C. The van der Waals surface area contributed by atoms with Gasteiger partial charge in [-0.2, -0.15) is 13.2 Å². The van der Waals surface area contributed by atoms with Crippen molar-refractivity contribution in [3.8, 4) is 0 Å². The van der Waals surface area contributed by atoms with Crippen LogP contribution in [0.5, 0.6) is 0 Å². The number of rotatable bonds is 4. The zero-order chi connectivity index (χ0) is 20.5. The Bertz CT molecular complexity index is 854. The Hall–Kier alpha value is -1.66. The maximum Gasteiger partial charge on any atom is 0.416 e. The molecule has 0 aromatic heterocycles. The van der Waals surface area contributed by atoms with E-state index in [-0.39, 0.29) is 10.7 Å². The van der Waals surface area contributed by atoms with Crippen molar-refractivity contribution in [3.05, 3.63) is 57.1 Å². The Kier molecular flexibility index (Phi) is 6.53. The van der Waals surface area contributed by atoms with Crippen LogP contribution in [0.1, 0.15) is 34.7 Å². The minimum absolute atomic E-state index is 0.0437. The second-order valence-corrected chi connectivity index (χ2v) is 8.29. The summed E-state index contributed by atoms with van der Waals surface area (Å²) in [4.78, 5) is 13.6. The van der Waals surface area contributed by atoms with Crippen LogP contribution in [-0.2, 0) is 11.0 Å². The van der Waals surface area contributed by atoms with E-state index in [1.807, 2.05) is 27.7 Å². The van der Waals surface area contributed by atoms with E-state index >= 15 is 0 Å². The van der Waals surface area contributed by atoms with Crippen LogP contribution in [0.2, 0.25) is 5.02 Å². The number of carbonyl (C=O) groups excluding carboxylic acids is 1. The number of hydrogen-bond donors (Lipinski definition) is 1. The molecule has 0 heterocycles. The average molecular weight is 416 g/mol. The molecular formula is C20H21ClF3NOS. The minimum atomic E-state index is -4.50. The van der Waals surface area contributed by atoms with Crippen LogP contribution in [0.25, 0.3) is 0 Å². The largest absolute Gasteiger partial charge is 0.416 e. The molecule has 0 aliphatic heterocycles. The summed E-state index contributed by atoms with van der Waals surface area (Å²) in [5.74, 6) is -0.404. The molecule has 1 amide bonds. The third kappa shape index (κ3) is 4.99. The molecule has 0 unspecified atom stereocenters. The first kappa shape index (κ1) is 21.6. The lowest BCUT2D eigenvalue weighted by Crippen LogP contribution is -2.23. The fourth-order valence-corrected chi connectivity index (χ4v) is 3.98. The molecule has 1 atom stereocenters. The minimum Gasteiger partial charge on any atom is -0.324 e. The van der Waals surface area contributed by atoms with Crippen molar-refractivity contribution in [2.45, 2.75) is 50.9 Å². The van der Waals surface area contributed by atoms with Gasteiger partial charge in [-0.05, 0) is 75.1 Å². The molecule has 0 radical (unpaired) electrons. The van der Waals surface area contributed by atoms with E-state index in [1.165, 1.54) is 11.8 Å². The highest BCUT2D eigenvalue weighted by atomic mass is 35.5. The molecular weight excluding hydrogens is 395 g/mol. The first-order valence-electron chi connectivity index (χ1n) is 8.33. The number of amides is 1. The van der Waals surface area contributed by atoms with Gasteiger partial charge in [-0.1, -0.05) is 17.7 Å². The van der Waals surface area contributed by atoms with Crippen LogP contribution < -0.4 is 5.32 Å². The lowest BCUT2D eigenvalue weighted by Gasteiger charge is -2.19. The quantitative estimate of drug-likeness (QED) is 0.562. The van der Waals surface area contributed by atoms with Gasteiger partial charge in [0, 0.05) is 4.90 Å². The molecule has 2 aromatic carbocycles. The highest BCUT2D eigenvalue weighted by Gasteiger charge is 2.31. The zero-order valence-electron chi connectivity index (χ0n) is 15.7. The summed E-state index contributed by atoms with van der Waals surface area (Å²) in [6.07, 6.45) is -4.50. The third-order valence-corrected chi connectivity index (χ3v) is 6.26. The van der Waals surface area contributed by atoms with Gasteiger partial charge >= 0.3 is 6.18 Å². The van der Waals surface area contributed by atoms with Crippen LogP contribution in [0.15, 0.2) is 29.2 Å². The number of anilines is 1. The Morgan fingerprint density at radius 1 is 1.07 bits per heavy atom. The first-order chi connectivity index (χ1) is 12.4. The van der Waals surface area contributed by atoms with Crippen molar-refractivity contribution in [1.82, 2.24) is 0 Å². The van der Waals surface area contributed by atoms with Gasteiger partial charge in [0.15, 0.2) is 0 Å². The van der Waals surface area contributed by atoms with Crippen LogP contribution in [0.4, 0.5) is 18.9 Å². The van der Waals surface area contributed by atoms with Gasteiger partial charge in [0.2, 0.25) is 5.91 Å². The van der Waals surface area contributed by atoms with E-state index in [2.05, 4.69) is 11.4 Å². The van der Waals surface area contributed by atoms with E-state index in [9.17, 15) is 18.0 Å². The normalized spacial score (nSPS) is 12.8. The highest BCUT2D eigenvalue weighted by molar-refractivity contribution is 8.00. The number of thioether (sulfide) groups is 1. The number of carbonyl (C=O) groups is 1. The molecule has 146 valence electrons. The molecule has 7 heteroatoms. The van der Waals surface area contributed by atoms with Gasteiger partial charge in [-0.3, -0.25) is 4.79 Å². The summed E-state index contributed by atoms with van der Waals surface area (Å²) in [6.45, 7) is 9.74. The molecule has 2 rings (SSSR count). The lowest BCUT2D eigenvalue weighted by molar-refractivity contribution is -0.137. The predicted octanol–water partition coefficient (Wildman–Crippen LogP) is 6.71. The zero-order valence-corrected chi connectivity index (χ0v) is 17.3. The topological polar surface area (TPSA) is 29.1 Å². The Morgan fingerprint density at radius 2 is 1.63 bits per heavy atom. The van der Waals surface area contributed by atoms with Gasteiger partial charge in [0.25, 0.3) is 0 Å². The number of benzene rings is 2. The molecule has 2 aromatic rings. The molecule has 0 aliphatic rings. The number of aryl methyl sites for hydroxylation is 2. The Balaban J connectivity index is 2.23. The van der Waals surface area contributed by atoms with Gasteiger partial charge in [0.05, 0.1) is 21.5 Å². The summed E-state index contributed by atoms with van der Waals surface area (Å²) in [5, 5.41) is 2.08. The number of alkyl halides is 3. The molecule has 0 saturated carbocycles. The van der Waals surface area contributed by atoms with E-state index in [0.29, 0.717) is 0 Å². The van der Waals surface area contributed by atoms with Crippen molar-refractivity contribution in [3.63, 3.8) is 0 Å². The van der Waals surface area contributed by atoms with Gasteiger partial charge < -0.3 is 5.32 Å². The third-order valence-electron chi connectivity index (χ3n) is 4.51. The van der Waals surface area contributed by atoms with E-state index in [1.54, 1.807) is 6.92 Å². The lowest BCUT2D eigenvalue weighted by atomic mass is 10.0. The average Bonchev–Trinajstić information content (AvgIpc) is 2.57. The Morgan fingerprint density at radius 3 is 2.15 bits per heavy atom. The maximum atomic E-state index is 12.9. The Labute approximate surface area is 166 Å². The fourth-order valence-electron chi connectivity index (χ4n) is 2.62. The summed E-state index contributed by atoms with van der Waals surface area (Å²) < 4.78 is 38.7. The van der Waals surface area contributed by atoms with Crippen molar-refractivity contribution in [2.75, 3.05) is 5.32 Å². The summed E-state index contributed by atoms with van der Waals surface area (Å²) in [7, 11) is 0. The standard InChI is InChI=1S/C20H21ClF3NOS/c1-10-8-11(2)13(4)18(12(10)3)27-14(5)19(26)25-17-9-15(20(22,23)24)6-7-16(17)21/h6-9,14H,1-5H3,(H,25,26)/t14-/m0/s1. The van der Waals surface area contributed by atoms with Crippen LogP contribution in [0, 0.1) is 27.7 Å². The van der Waals surface area contributed by atoms with E-state index < -0.39 is 22.9 Å². The molecule has 0 bridgehead atoms. The van der Waals surface area contributed by atoms with Gasteiger partial charge in [-0.25, -0.2) is 0 Å². The monoisotopic (exact) mass is 415 g/mol. The van der Waals surface area contributed by atoms with E-state index in [4.69, 9.17) is 11.6 Å². The van der Waals surface area contributed by atoms with Gasteiger partial charge in [0.1, 0.15) is 0 Å². The van der Waals surface area contributed by atoms with Crippen LogP contribution >= 0.6 is 23.4 Å². The number of hydrogen-bond acceptors (Lipinski definition) is 2. The van der Waals surface area contributed by atoms with Crippen molar-refractivity contribution < 1.29 is 18.0 Å².